The SMILES string of the molecule is Cc1c(Br)cccc1C(=O)NCCCC(N)=NO. The summed E-state index contributed by atoms with van der Waals surface area (Å²) in [6.45, 7) is 2.37. The summed E-state index contributed by atoms with van der Waals surface area (Å²) in [7, 11) is 0. The fraction of sp³-hybridized carbons (Fsp3) is 0.333. The van der Waals surface area contributed by atoms with Gasteiger partial charge in [-0.15, -0.1) is 0 Å². The molecule has 0 unspecified atom stereocenters. The Kier molecular flexibility index (Phi) is 5.64. The minimum atomic E-state index is -0.117. The van der Waals surface area contributed by atoms with Crippen LogP contribution in [0.4, 0.5) is 0 Å². The van der Waals surface area contributed by atoms with Crippen LogP contribution >= 0.6 is 15.9 Å². The fourth-order valence-electron chi connectivity index (χ4n) is 1.47. The van der Waals surface area contributed by atoms with E-state index in [9.17, 15) is 4.79 Å². The summed E-state index contributed by atoms with van der Waals surface area (Å²) in [6, 6.07) is 5.49. The molecule has 4 N–H and O–H groups in total. The zero-order chi connectivity index (χ0) is 13.5. The molecule has 0 saturated carbocycles. The first kappa shape index (κ1) is 14.5. The maximum Gasteiger partial charge on any atom is 0.251 e. The Labute approximate surface area is 114 Å². The summed E-state index contributed by atoms with van der Waals surface area (Å²) in [6.07, 6.45) is 1.09. The standard InChI is InChI=1S/C12H16BrN3O2/c1-8-9(4-2-5-10(8)13)12(17)15-7-3-6-11(14)16-18/h2,4-5,18H,3,6-7H2,1H3,(H2,14,16)(H,15,17). The van der Waals surface area contributed by atoms with E-state index < -0.39 is 0 Å². The van der Waals surface area contributed by atoms with Crippen LogP contribution in [-0.4, -0.2) is 23.5 Å². The minimum absolute atomic E-state index is 0.117. The fourth-order valence-corrected chi connectivity index (χ4v) is 1.84. The maximum atomic E-state index is 11.9. The Hall–Kier alpha value is -1.56. The molecule has 1 aromatic carbocycles. The van der Waals surface area contributed by atoms with Gasteiger partial charge in [0, 0.05) is 23.0 Å². The molecule has 1 rings (SSSR count). The van der Waals surface area contributed by atoms with Crippen molar-refractivity contribution >= 4 is 27.7 Å². The predicted molar refractivity (Wildman–Crippen MR) is 73.9 cm³/mol. The molecule has 6 heteroatoms. The van der Waals surface area contributed by atoms with Crippen molar-refractivity contribution in [3.05, 3.63) is 33.8 Å². The second kappa shape index (κ2) is 7.00. The average molecular weight is 314 g/mol. The Morgan fingerprint density at radius 3 is 2.94 bits per heavy atom. The van der Waals surface area contributed by atoms with E-state index >= 15 is 0 Å². The van der Waals surface area contributed by atoms with Gasteiger partial charge >= 0.3 is 0 Å². The molecule has 1 aromatic rings. The van der Waals surface area contributed by atoms with Gasteiger partial charge in [0.1, 0.15) is 5.84 Å². The summed E-state index contributed by atoms with van der Waals surface area (Å²) in [5.74, 6) is 0.0520. The van der Waals surface area contributed by atoms with E-state index in [0.717, 1.165) is 10.0 Å². The third-order valence-corrected chi connectivity index (χ3v) is 3.40. The summed E-state index contributed by atoms with van der Waals surface area (Å²) >= 11 is 3.38. The molecular weight excluding hydrogens is 298 g/mol. The second-order valence-corrected chi connectivity index (χ2v) is 4.72. The molecule has 18 heavy (non-hydrogen) atoms. The van der Waals surface area contributed by atoms with Crippen LogP contribution in [0.1, 0.15) is 28.8 Å². The highest BCUT2D eigenvalue weighted by molar-refractivity contribution is 9.10. The Bertz CT molecular complexity index is 461. The lowest BCUT2D eigenvalue weighted by molar-refractivity contribution is 0.0952. The number of carbonyl (C=O) groups excluding carboxylic acids is 1. The first-order valence-electron chi connectivity index (χ1n) is 5.56. The van der Waals surface area contributed by atoms with E-state index in [0.29, 0.717) is 24.9 Å². The van der Waals surface area contributed by atoms with Crippen LogP contribution < -0.4 is 11.1 Å². The van der Waals surface area contributed by atoms with E-state index in [2.05, 4.69) is 26.4 Å². The van der Waals surface area contributed by atoms with Crippen molar-refractivity contribution < 1.29 is 10.0 Å². The first-order chi connectivity index (χ1) is 8.56. The first-order valence-corrected chi connectivity index (χ1v) is 6.35. The van der Waals surface area contributed by atoms with Gasteiger partial charge < -0.3 is 16.3 Å². The molecule has 98 valence electrons. The van der Waals surface area contributed by atoms with E-state index in [1.165, 1.54) is 0 Å². The number of hydrogen-bond acceptors (Lipinski definition) is 3. The van der Waals surface area contributed by atoms with Gasteiger partial charge in [-0.25, -0.2) is 0 Å². The number of halogens is 1. The van der Waals surface area contributed by atoms with Crippen LogP contribution in [-0.2, 0) is 0 Å². The van der Waals surface area contributed by atoms with Crippen molar-refractivity contribution in [1.29, 1.82) is 0 Å². The molecule has 0 aliphatic rings. The van der Waals surface area contributed by atoms with Crippen molar-refractivity contribution in [3.63, 3.8) is 0 Å². The van der Waals surface area contributed by atoms with Crippen molar-refractivity contribution in [2.24, 2.45) is 10.9 Å². The molecule has 0 atom stereocenters. The van der Waals surface area contributed by atoms with Crippen LogP contribution in [0.15, 0.2) is 27.8 Å². The maximum absolute atomic E-state index is 11.9. The molecule has 0 aromatic heterocycles. The summed E-state index contributed by atoms with van der Waals surface area (Å²) in [5.41, 5.74) is 6.88. The summed E-state index contributed by atoms with van der Waals surface area (Å²) < 4.78 is 0.909. The lowest BCUT2D eigenvalue weighted by Crippen LogP contribution is -2.26. The van der Waals surface area contributed by atoms with Gasteiger partial charge in [0.15, 0.2) is 0 Å². The number of amides is 1. The number of nitrogens with one attached hydrogen (secondary N) is 1. The molecule has 0 saturated heterocycles. The molecule has 0 bridgehead atoms. The lowest BCUT2D eigenvalue weighted by atomic mass is 10.1. The normalized spacial score (nSPS) is 11.3. The highest BCUT2D eigenvalue weighted by Gasteiger charge is 2.09. The van der Waals surface area contributed by atoms with Gasteiger partial charge in [-0.2, -0.15) is 0 Å². The van der Waals surface area contributed by atoms with Gasteiger partial charge in [0.05, 0.1) is 0 Å². The monoisotopic (exact) mass is 313 g/mol. The van der Waals surface area contributed by atoms with Crippen LogP contribution in [0.3, 0.4) is 0 Å². The van der Waals surface area contributed by atoms with Crippen LogP contribution in [0, 0.1) is 6.92 Å². The third-order valence-electron chi connectivity index (χ3n) is 2.54. The van der Waals surface area contributed by atoms with Crippen molar-refractivity contribution in [2.45, 2.75) is 19.8 Å². The van der Waals surface area contributed by atoms with Gasteiger partial charge in [0.25, 0.3) is 5.91 Å². The number of hydrogen-bond donors (Lipinski definition) is 3. The van der Waals surface area contributed by atoms with Crippen molar-refractivity contribution in [1.82, 2.24) is 5.32 Å². The second-order valence-electron chi connectivity index (χ2n) is 3.86. The molecular formula is C12H16BrN3O2. The molecule has 0 aliphatic heterocycles. The zero-order valence-electron chi connectivity index (χ0n) is 10.1. The molecule has 0 radical (unpaired) electrons. The molecule has 5 nitrogen and oxygen atoms in total. The van der Waals surface area contributed by atoms with E-state index in [1.54, 1.807) is 6.07 Å². The smallest absolute Gasteiger partial charge is 0.251 e. The number of rotatable bonds is 5. The number of benzene rings is 1. The van der Waals surface area contributed by atoms with E-state index in [1.807, 2.05) is 19.1 Å². The summed E-state index contributed by atoms with van der Waals surface area (Å²) in [5, 5.41) is 14.0. The van der Waals surface area contributed by atoms with Gasteiger partial charge in [-0.05, 0) is 31.0 Å². The average Bonchev–Trinajstić information content (AvgIpc) is 2.37. The van der Waals surface area contributed by atoms with Crippen LogP contribution in [0.2, 0.25) is 0 Å². The summed E-state index contributed by atoms with van der Waals surface area (Å²) in [4.78, 5) is 11.9. The molecule has 0 spiro atoms. The van der Waals surface area contributed by atoms with E-state index in [4.69, 9.17) is 10.9 Å². The minimum Gasteiger partial charge on any atom is -0.409 e. The van der Waals surface area contributed by atoms with Crippen molar-refractivity contribution in [2.75, 3.05) is 6.54 Å². The highest BCUT2D eigenvalue weighted by atomic mass is 79.9. The van der Waals surface area contributed by atoms with Crippen LogP contribution in [0.25, 0.3) is 0 Å². The molecule has 1 amide bonds. The van der Waals surface area contributed by atoms with Gasteiger partial charge in [0.2, 0.25) is 0 Å². The number of nitrogens with two attached hydrogens (primary N) is 1. The Morgan fingerprint density at radius 1 is 1.56 bits per heavy atom. The number of carbonyl (C=O) groups is 1. The lowest BCUT2D eigenvalue weighted by Gasteiger charge is -2.08. The molecule has 0 aliphatic carbocycles. The van der Waals surface area contributed by atoms with Crippen LogP contribution in [0.5, 0.6) is 0 Å². The Morgan fingerprint density at radius 2 is 2.28 bits per heavy atom. The number of amidine groups is 1. The molecule has 0 heterocycles. The largest absolute Gasteiger partial charge is 0.409 e. The Balaban J connectivity index is 2.49. The zero-order valence-corrected chi connectivity index (χ0v) is 11.7. The predicted octanol–water partition coefficient (Wildman–Crippen LogP) is 2.01. The van der Waals surface area contributed by atoms with Crippen molar-refractivity contribution in [3.8, 4) is 0 Å². The van der Waals surface area contributed by atoms with Gasteiger partial charge in [-0.1, -0.05) is 27.2 Å². The van der Waals surface area contributed by atoms with Gasteiger partial charge in [-0.3, -0.25) is 4.79 Å². The third kappa shape index (κ3) is 4.03. The number of nitrogens with zero attached hydrogens (tertiary/aromatic N) is 1. The topological polar surface area (TPSA) is 87.7 Å². The van der Waals surface area contributed by atoms with E-state index in [-0.39, 0.29) is 11.7 Å². The molecule has 0 fully saturated rings. The number of oxime groups is 1. The quantitative estimate of drug-likeness (QED) is 0.255. The highest BCUT2D eigenvalue weighted by Crippen LogP contribution is 2.19.